The lowest BCUT2D eigenvalue weighted by molar-refractivity contribution is 0.567. The normalized spacial score (nSPS) is 13.4. The molecule has 0 aliphatic rings. The zero-order valence-corrected chi connectivity index (χ0v) is 15.9. The van der Waals surface area contributed by atoms with Crippen LogP contribution in [-0.2, 0) is 10.0 Å². The van der Waals surface area contributed by atoms with Crippen molar-refractivity contribution in [2.24, 2.45) is 0 Å². The van der Waals surface area contributed by atoms with Crippen LogP contribution in [0.5, 0.6) is 0 Å². The average Bonchev–Trinajstić information content (AvgIpc) is 2.90. The van der Waals surface area contributed by atoms with E-state index in [2.05, 4.69) is 4.72 Å². The van der Waals surface area contributed by atoms with Crippen LogP contribution in [0.25, 0.3) is 10.2 Å². The Morgan fingerprint density at radius 3 is 2.36 bits per heavy atom. The fourth-order valence-electron chi connectivity index (χ4n) is 2.78. The molecule has 1 N–H and O–H groups in total. The summed E-state index contributed by atoms with van der Waals surface area (Å²) in [6.45, 7) is 5.67. The molecule has 1 atom stereocenters. The highest BCUT2D eigenvalue weighted by Gasteiger charge is 2.20. The second-order valence-corrected chi connectivity index (χ2v) is 8.92. The predicted octanol–water partition coefficient (Wildman–Crippen LogP) is 3.68. The van der Waals surface area contributed by atoms with Crippen molar-refractivity contribution < 1.29 is 8.42 Å². The van der Waals surface area contributed by atoms with E-state index in [9.17, 15) is 13.2 Å². The lowest BCUT2D eigenvalue weighted by Crippen LogP contribution is -2.26. The summed E-state index contributed by atoms with van der Waals surface area (Å²) in [6.07, 6.45) is 0. The fraction of sp³-hybridized carbons (Fsp3) is 0.278. The van der Waals surface area contributed by atoms with Crippen LogP contribution < -0.4 is 9.60 Å². The van der Waals surface area contributed by atoms with Crippen LogP contribution in [0.4, 0.5) is 0 Å². The summed E-state index contributed by atoms with van der Waals surface area (Å²) >= 11 is 1.07. The summed E-state index contributed by atoms with van der Waals surface area (Å²) in [5, 5.41) is 0. The van der Waals surface area contributed by atoms with Gasteiger partial charge in [0.05, 0.1) is 15.1 Å². The summed E-state index contributed by atoms with van der Waals surface area (Å²) in [6, 6.07) is 13.9. The van der Waals surface area contributed by atoms with E-state index in [0.29, 0.717) is 4.70 Å². The molecule has 132 valence electrons. The van der Waals surface area contributed by atoms with Gasteiger partial charge in [-0.3, -0.25) is 9.36 Å². The van der Waals surface area contributed by atoms with Gasteiger partial charge in [0.25, 0.3) is 0 Å². The van der Waals surface area contributed by atoms with Crippen LogP contribution in [0, 0.1) is 0 Å². The van der Waals surface area contributed by atoms with Crippen LogP contribution in [0.1, 0.15) is 38.4 Å². The number of nitrogens with zero attached hydrogens (tertiary/aromatic N) is 1. The molecule has 0 unspecified atom stereocenters. The minimum atomic E-state index is -3.68. The van der Waals surface area contributed by atoms with E-state index in [-0.39, 0.29) is 21.9 Å². The monoisotopic (exact) mass is 376 g/mol. The maximum absolute atomic E-state index is 12.7. The van der Waals surface area contributed by atoms with Crippen LogP contribution >= 0.6 is 11.3 Å². The van der Waals surface area contributed by atoms with Gasteiger partial charge in [-0.2, -0.15) is 0 Å². The number of aromatic nitrogens is 1. The molecule has 1 aromatic heterocycles. The van der Waals surface area contributed by atoms with E-state index in [4.69, 9.17) is 0 Å². The Labute approximate surface area is 151 Å². The second kappa shape index (κ2) is 6.74. The number of rotatable bonds is 5. The Bertz CT molecular complexity index is 1050. The van der Waals surface area contributed by atoms with Gasteiger partial charge in [-0.1, -0.05) is 41.7 Å². The highest BCUT2D eigenvalue weighted by molar-refractivity contribution is 7.89. The Morgan fingerprint density at radius 2 is 1.72 bits per heavy atom. The molecule has 0 amide bonds. The van der Waals surface area contributed by atoms with Crippen molar-refractivity contribution in [3.63, 3.8) is 0 Å². The minimum Gasteiger partial charge on any atom is -0.296 e. The SMILES string of the molecule is CC(C)n1c(=O)sc2cc(S(=O)(=O)N[C@H](C)c3ccccc3)ccc21. The first kappa shape index (κ1) is 17.8. The van der Waals surface area contributed by atoms with Crippen molar-refractivity contribution in [2.45, 2.75) is 37.8 Å². The lowest BCUT2D eigenvalue weighted by Gasteiger charge is -2.15. The van der Waals surface area contributed by atoms with Gasteiger partial charge in [0.15, 0.2) is 0 Å². The molecule has 1 heterocycles. The number of benzene rings is 2. The largest absolute Gasteiger partial charge is 0.308 e. The number of nitrogens with one attached hydrogen (secondary N) is 1. The van der Waals surface area contributed by atoms with Crippen LogP contribution in [0.2, 0.25) is 0 Å². The smallest absolute Gasteiger partial charge is 0.296 e. The number of sulfonamides is 1. The average molecular weight is 377 g/mol. The molecule has 5 nitrogen and oxygen atoms in total. The predicted molar refractivity (Wildman–Crippen MR) is 102 cm³/mol. The number of hydrogen-bond donors (Lipinski definition) is 1. The second-order valence-electron chi connectivity index (χ2n) is 6.21. The van der Waals surface area contributed by atoms with E-state index < -0.39 is 10.0 Å². The quantitative estimate of drug-likeness (QED) is 0.738. The first-order valence-electron chi connectivity index (χ1n) is 8.02. The molecule has 0 radical (unpaired) electrons. The molecule has 25 heavy (non-hydrogen) atoms. The third kappa shape index (κ3) is 3.53. The molecular weight excluding hydrogens is 356 g/mol. The van der Waals surface area contributed by atoms with E-state index >= 15 is 0 Å². The lowest BCUT2D eigenvalue weighted by atomic mass is 10.1. The number of hydrogen-bond acceptors (Lipinski definition) is 4. The molecule has 0 aliphatic heterocycles. The minimum absolute atomic E-state index is 0.0277. The van der Waals surface area contributed by atoms with E-state index in [1.807, 2.05) is 44.2 Å². The maximum atomic E-state index is 12.7. The molecule has 7 heteroatoms. The van der Waals surface area contributed by atoms with Gasteiger partial charge in [-0.15, -0.1) is 0 Å². The van der Waals surface area contributed by atoms with E-state index in [1.165, 1.54) is 0 Å². The van der Waals surface area contributed by atoms with Gasteiger partial charge in [-0.25, -0.2) is 13.1 Å². The van der Waals surface area contributed by atoms with Crippen molar-refractivity contribution >= 4 is 31.6 Å². The highest BCUT2D eigenvalue weighted by atomic mass is 32.2. The van der Waals surface area contributed by atoms with Gasteiger partial charge in [0.2, 0.25) is 10.0 Å². The molecule has 3 aromatic rings. The first-order chi connectivity index (χ1) is 11.8. The van der Waals surface area contributed by atoms with Crippen molar-refractivity contribution in [2.75, 3.05) is 0 Å². The summed E-state index contributed by atoms with van der Waals surface area (Å²) in [5.41, 5.74) is 1.66. The van der Waals surface area contributed by atoms with Crippen molar-refractivity contribution in [1.82, 2.24) is 9.29 Å². The fourth-order valence-corrected chi connectivity index (χ4v) is 5.17. The molecule has 0 fully saturated rings. The third-order valence-corrected chi connectivity index (χ3v) is 6.50. The first-order valence-corrected chi connectivity index (χ1v) is 10.3. The molecule has 2 aromatic carbocycles. The summed E-state index contributed by atoms with van der Waals surface area (Å²) in [5.74, 6) is 0. The molecule has 0 bridgehead atoms. The van der Waals surface area contributed by atoms with Crippen molar-refractivity contribution in [3.8, 4) is 0 Å². The standard InChI is InChI=1S/C18H20N2O3S2/c1-12(2)20-16-10-9-15(11-17(16)24-18(20)21)25(22,23)19-13(3)14-7-5-4-6-8-14/h4-13,19H,1-3H3/t13-/m1/s1. The summed E-state index contributed by atoms with van der Waals surface area (Å²) < 4.78 is 30.4. The van der Waals surface area contributed by atoms with Crippen LogP contribution in [0.15, 0.2) is 58.2 Å². The Balaban J connectivity index is 1.96. The van der Waals surface area contributed by atoms with Gasteiger partial charge in [0, 0.05) is 12.1 Å². The molecule has 3 rings (SSSR count). The van der Waals surface area contributed by atoms with Gasteiger partial charge in [-0.05, 0) is 44.5 Å². The van der Waals surface area contributed by atoms with Gasteiger partial charge < -0.3 is 0 Å². The molecule has 0 saturated carbocycles. The maximum Gasteiger partial charge on any atom is 0.308 e. The van der Waals surface area contributed by atoms with E-state index in [1.54, 1.807) is 29.7 Å². The number of fused-ring (bicyclic) bond motifs is 1. The van der Waals surface area contributed by atoms with Crippen LogP contribution in [0.3, 0.4) is 0 Å². The molecule has 0 saturated heterocycles. The summed E-state index contributed by atoms with van der Waals surface area (Å²) in [4.78, 5) is 12.2. The zero-order valence-electron chi connectivity index (χ0n) is 14.3. The zero-order chi connectivity index (χ0) is 18.2. The van der Waals surface area contributed by atoms with Gasteiger partial charge >= 0.3 is 4.87 Å². The van der Waals surface area contributed by atoms with Gasteiger partial charge in [0.1, 0.15) is 0 Å². The summed E-state index contributed by atoms with van der Waals surface area (Å²) in [7, 11) is -3.68. The van der Waals surface area contributed by atoms with Crippen molar-refractivity contribution in [1.29, 1.82) is 0 Å². The Morgan fingerprint density at radius 1 is 1.04 bits per heavy atom. The molecule has 0 spiro atoms. The third-order valence-electron chi connectivity index (χ3n) is 4.04. The molecule has 0 aliphatic carbocycles. The topological polar surface area (TPSA) is 68.2 Å². The van der Waals surface area contributed by atoms with Crippen molar-refractivity contribution in [3.05, 3.63) is 63.8 Å². The number of thiazole rings is 1. The van der Waals surface area contributed by atoms with E-state index in [0.717, 1.165) is 22.4 Å². The highest BCUT2D eigenvalue weighted by Crippen LogP contribution is 2.25. The molecular formula is C18H20N2O3S2. The Kier molecular flexibility index (Phi) is 4.81. The Hall–Kier alpha value is -1.96. The van der Waals surface area contributed by atoms with Crippen LogP contribution in [-0.4, -0.2) is 13.0 Å².